The molecule has 0 heterocycles. The molecule has 116 valence electrons. The van der Waals surface area contributed by atoms with Gasteiger partial charge in [0.05, 0.1) is 5.56 Å². The van der Waals surface area contributed by atoms with Crippen LogP contribution in [0.5, 0.6) is 0 Å². The molecule has 1 amide bonds. The molecule has 1 aliphatic carbocycles. The van der Waals surface area contributed by atoms with Gasteiger partial charge in [-0.15, -0.1) is 0 Å². The number of benzene rings is 1. The monoisotopic (exact) mass is 308 g/mol. The van der Waals surface area contributed by atoms with Crippen molar-refractivity contribution in [2.24, 2.45) is 5.92 Å². The minimum Gasteiger partial charge on any atom is -0.385 e. The average molecular weight is 309 g/mol. The minimum atomic E-state index is -0.0200. The number of carbonyl (C=O) groups excluding carboxylic acids is 1. The predicted octanol–water partition coefficient (Wildman–Crippen LogP) is 4.47. The molecule has 4 heteroatoms. The molecule has 21 heavy (non-hydrogen) atoms. The Bertz CT molecular complexity index is 482. The summed E-state index contributed by atoms with van der Waals surface area (Å²) in [5, 5.41) is 6.98. The zero-order chi connectivity index (χ0) is 15.2. The molecular weight excluding hydrogens is 284 g/mol. The maximum atomic E-state index is 12.5. The summed E-state index contributed by atoms with van der Waals surface area (Å²) in [6.45, 7) is 5.05. The van der Waals surface area contributed by atoms with E-state index in [0.29, 0.717) is 16.6 Å². The summed E-state index contributed by atoms with van der Waals surface area (Å²) in [6, 6.07) is 5.72. The highest BCUT2D eigenvalue weighted by molar-refractivity contribution is 6.31. The van der Waals surface area contributed by atoms with Crippen LogP contribution in [0.3, 0.4) is 0 Å². The highest BCUT2D eigenvalue weighted by atomic mass is 35.5. The summed E-state index contributed by atoms with van der Waals surface area (Å²) >= 11 is 6.03. The lowest BCUT2D eigenvalue weighted by Crippen LogP contribution is -2.37. The van der Waals surface area contributed by atoms with Crippen LogP contribution in [-0.4, -0.2) is 18.5 Å². The van der Waals surface area contributed by atoms with Gasteiger partial charge in [0.2, 0.25) is 0 Å². The van der Waals surface area contributed by atoms with E-state index in [2.05, 4.69) is 17.6 Å². The van der Waals surface area contributed by atoms with Gasteiger partial charge in [0.1, 0.15) is 0 Å². The first kappa shape index (κ1) is 16.2. The molecule has 0 aliphatic heterocycles. The highest BCUT2D eigenvalue weighted by Gasteiger charge is 2.22. The second-order valence-corrected chi connectivity index (χ2v) is 6.26. The molecule has 0 bridgehead atoms. The lowest BCUT2D eigenvalue weighted by atomic mass is 9.84. The Labute approximate surface area is 132 Å². The van der Waals surface area contributed by atoms with Crippen molar-refractivity contribution in [2.75, 3.05) is 11.9 Å². The molecule has 0 radical (unpaired) electrons. The minimum absolute atomic E-state index is 0.0200. The van der Waals surface area contributed by atoms with Crippen molar-refractivity contribution in [1.82, 2.24) is 5.32 Å². The number of hydrogen-bond donors (Lipinski definition) is 2. The number of halogens is 1. The number of hydrogen-bond acceptors (Lipinski definition) is 2. The van der Waals surface area contributed by atoms with Crippen LogP contribution >= 0.6 is 11.6 Å². The molecule has 1 aromatic carbocycles. The fourth-order valence-electron chi connectivity index (χ4n) is 3.03. The Hall–Kier alpha value is -1.22. The fourth-order valence-corrected chi connectivity index (χ4v) is 3.20. The average Bonchev–Trinajstić information content (AvgIpc) is 2.50. The summed E-state index contributed by atoms with van der Waals surface area (Å²) in [5.41, 5.74) is 1.49. The number of anilines is 1. The smallest absolute Gasteiger partial charge is 0.253 e. The van der Waals surface area contributed by atoms with Gasteiger partial charge in [-0.25, -0.2) is 0 Å². The summed E-state index contributed by atoms with van der Waals surface area (Å²) in [4.78, 5) is 12.5. The molecule has 2 N–H and O–H groups in total. The molecule has 0 aromatic heterocycles. The van der Waals surface area contributed by atoms with E-state index in [4.69, 9.17) is 11.6 Å². The van der Waals surface area contributed by atoms with Crippen molar-refractivity contribution in [3.8, 4) is 0 Å². The van der Waals surface area contributed by atoms with E-state index in [9.17, 15) is 4.79 Å². The van der Waals surface area contributed by atoms with Crippen molar-refractivity contribution in [2.45, 2.75) is 52.0 Å². The Morgan fingerprint density at radius 3 is 2.57 bits per heavy atom. The molecule has 3 nitrogen and oxygen atoms in total. The Morgan fingerprint density at radius 2 is 1.95 bits per heavy atom. The van der Waals surface area contributed by atoms with Crippen LogP contribution in [0.1, 0.15) is 56.3 Å². The van der Waals surface area contributed by atoms with Crippen molar-refractivity contribution in [1.29, 1.82) is 0 Å². The standard InChI is InChI=1S/C17H25ClN2O/c1-3-12-5-8-14(9-6-12)20-17(21)15-11-13(18)7-10-16(15)19-4-2/h7,10-12,14,19H,3-6,8-9H2,1-2H3,(H,20,21). The van der Waals surface area contributed by atoms with Crippen LogP contribution in [0.15, 0.2) is 18.2 Å². The molecule has 2 rings (SSSR count). The van der Waals surface area contributed by atoms with Crippen LogP contribution < -0.4 is 10.6 Å². The molecule has 1 aromatic rings. The number of carbonyl (C=O) groups is 1. The first-order valence-electron chi connectivity index (χ1n) is 7.98. The van der Waals surface area contributed by atoms with Gasteiger partial charge in [0.25, 0.3) is 5.91 Å². The number of rotatable bonds is 5. The molecule has 0 spiro atoms. The van der Waals surface area contributed by atoms with Gasteiger partial charge in [-0.3, -0.25) is 4.79 Å². The van der Waals surface area contributed by atoms with Gasteiger partial charge in [-0.2, -0.15) is 0 Å². The summed E-state index contributed by atoms with van der Waals surface area (Å²) in [6.07, 6.45) is 5.86. The normalized spacial score (nSPS) is 21.9. The second kappa shape index (κ2) is 7.69. The predicted molar refractivity (Wildman–Crippen MR) is 89.1 cm³/mol. The van der Waals surface area contributed by atoms with Gasteiger partial charge >= 0.3 is 0 Å². The highest BCUT2D eigenvalue weighted by Crippen LogP contribution is 2.27. The molecule has 0 saturated heterocycles. The Balaban J connectivity index is 2.01. The molecule has 1 aliphatic rings. The molecule has 1 fully saturated rings. The lowest BCUT2D eigenvalue weighted by molar-refractivity contribution is 0.0922. The quantitative estimate of drug-likeness (QED) is 0.842. The Morgan fingerprint density at radius 1 is 1.24 bits per heavy atom. The second-order valence-electron chi connectivity index (χ2n) is 5.82. The van der Waals surface area contributed by atoms with E-state index in [1.807, 2.05) is 19.1 Å². The summed E-state index contributed by atoms with van der Waals surface area (Å²) in [5.74, 6) is 0.815. The van der Waals surface area contributed by atoms with E-state index >= 15 is 0 Å². The molecule has 0 unspecified atom stereocenters. The summed E-state index contributed by atoms with van der Waals surface area (Å²) < 4.78 is 0. The molecule has 1 saturated carbocycles. The van der Waals surface area contributed by atoms with Gasteiger partial charge in [-0.1, -0.05) is 24.9 Å². The van der Waals surface area contributed by atoms with E-state index in [1.165, 1.54) is 19.3 Å². The first-order chi connectivity index (χ1) is 10.1. The van der Waals surface area contributed by atoms with Crippen molar-refractivity contribution in [3.63, 3.8) is 0 Å². The van der Waals surface area contributed by atoms with Crippen LogP contribution in [-0.2, 0) is 0 Å². The van der Waals surface area contributed by atoms with Gasteiger partial charge in [0.15, 0.2) is 0 Å². The number of amides is 1. The van der Waals surface area contributed by atoms with Gasteiger partial charge in [-0.05, 0) is 56.7 Å². The zero-order valence-electron chi connectivity index (χ0n) is 12.9. The van der Waals surface area contributed by atoms with Crippen LogP contribution in [0.25, 0.3) is 0 Å². The lowest BCUT2D eigenvalue weighted by Gasteiger charge is -2.28. The van der Waals surface area contributed by atoms with Crippen molar-refractivity contribution < 1.29 is 4.79 Å². The maximum absolute atomic E-state index is 12.5. The van der Waals surface area contributed by atoms with Crippen LogP contribution in [0, 0.1) is 5.92 Å². The van der Waals surface area contributed by atoms with Gasteiger partial charge < -0.3 is 10.6 Å². The zero-order valence-corrected chi connectivity index (χ0v) is 13.7. The van der Waals surface area contributed by atoms with E-state index in [1.54, 1.807) is 6.07 Å². The third kappa shape index (κ3) is 4.37. The third-order valence-electron chi connectivity index (χ3n) is 4.35. The SMILES string of the molecule is CCNc1ccc(Cl)cc1C(=O)NC1CCC(CC)CC1. The first-order valence-corrected chi connectivity index (χ1v) is 8.36. The Kier molecular flexibility index (Phi) is 5.92. The number of nitrogens with one attached hydrogen (secondary N) is 2. The largest absolute Gasteiger partial charge is 0.385 e. The van der Waals surface area contributed by atoms with E-state index in [-0.39, 0.29) is 5.91 Å². The molecular formula is C17H25ClN2O. The van der Waals surface area contributed by atoms with Crippen molar-refractivity contribution >= 4 is 23.2 Å². The third-order valence-corrected chi connectivity index (χ3v) is 4.59. The summed E-state index contributed by atoms with van der Waals surface area (Å²) in [7, 11) is 0. The fraction of sp³-hybridized carbons (Fsp3) is 0.588. The van der Waals surface area contributed by atoms with Crippen molar-refractivity contribution in [3.05, 3.63) is 28.8 Å². The van der Waals surface area contributed by atoms with Crippen LogP contribution in [0.2, 0.25) is 5.02 Å². The van der Waals surface area contributed by atoms with Crippen LogP contribution in [0.4, 0.5) is 5.69 Å². The van der Waals surface area contributed by atoms with E-state index < -0.39 is 0 Å². The van der Waals surface area contributed by atoms with Gasteiger partial charge in [0, 0.05) is 23.3 Å². The topological polar surface area (TPSA) is 41.1 Å². The maximum Gasteiger partial charge on any atom is 0.253 e. The molecule has 0 atom stereocenters. The van der Waals surface area contributed by atoms with E-state index in [0.717, 1.165) is 31.0 Å².